The molecule has 2 N–H and O–H groups in total. The molecule has 2 amide bonds. The van der Waals surface area contributed by atoms with Gasteiger partial charge >= 0.3 is 0 Å². The molecule has 3 heterocycles. The van der Waals surface area contributed by atoms with Crippen LogP contribution in [0.2, 0.25) is 0 Å². The van der Waals surface area contributed by atoms with Gasteiger partial charge in [-0.05, 0) is 87.3 Å². The molecule has 0 aromatic heterocycles. The van der Waals surface area contributed by atoms with E-state index in [4.69, 9.17) is 4.74 Å². The van der Waals surface area contributed by atoms with Crippen molar-refractivity contribution in [1.82, 2.24) is 10.2 Å². The lowest BCUT2D eigenvalue weighted by molar-refractivity contribution is -0.114. The van der Waals surface area contributed by atoms with Gasteiger partial charge in [0.25, 0.3) is 5.91 Å². The summed E-state index contributed by atoms with van der Waals surface area (Å²) in [5.41, 5.74) is 1.36. The zero-order valence-corrected chi connectivity index (χ0v) is 16.9. The molecule has 5 rings (SSSR count). The Balaban J connectivity index is 1.36. The SMILES string of the molecule is CC(=O)Nc1ccc(Oc2ccc(C(=O)NC3C4CCN(CC4)C3C)cc2)cc1. The van der Waals surface area contributed by atoms with Crippen LogP contribution in [0.25, 0.3) is 0 Å². The third kappa shape index (κ3) is 4.43. The van der Waals surface area contributed by atoms with Crippen LogP contribution in [0.5, 0.6) is 11.5 Å². The molecule has 6 nitrogen and oxygen atoms in total. The zero-order chi connectivity index (χ0) is 20.4. The van der Waals surface area contributed by atoms with Crippen LogP contribution in [0.3, 0.4) is 0 Å². The summed E-state index contributed by atoms with van der Waals surface area (Å²) in [7, 11) is 0. The number of ether oxygens (including phenoxy) is 1. The number of benzene rings is 2. The number of carbonyl (C=O) groups excluding carboxylic acids is 2. The number of nitrogens with one attached hydrogen (secondary N) is 2. The first-order valence-corrected chi connectivity index (χ1v) is 10.2. The molecule has 29 heavy (non-hydrogen) atoms. The maximum atomic E-state index is 12.7. The first-order chi connectivity index (χ1) is 14.0. The van der Waals surface area contributed by atoms with Gasteiger partial charge in [-0.1, -0.05) is 0 Å². The Morgan fingerprint density at radius 3 is 2.10 bits per heavy atom. The van der Waals surface area contributed by atoms with E-state index in [0.29, 0.717) is 29.0 Å². The lowest BCUT2D eigenvalue weighted by Crippen LogP contribution is -2.62. The number of amides is 2. The van der Waals surface area contributed by atoms with Gasteiger partial charge in [0.2, 0.25) is 5.91 Å². The Labute approximate surface area is 171 Å². The first-order valence-electron chi connectivity index (χ1n) is 10.2. The quantitative estimate of drug-likeness (QED) is 0.814. The van der Waals surface area contributed by atoms with Crippen LogP contribution < -0.4 is 15.4 Å². The maximum absolute atomic E-state index is 12.7. The third-order valence-corrected chi connectivity index (χ3v) is 6.00. The number of nitrogens with zero attached hydrogens (tertiary/aromatic N) is 1. The summed E-state index contributed by atoms with van der Waals surface area (Å²) in [6, 6.07) is 15.0. The second-order valence-corrected chi connectivity index (χ2v) is 7.95. The second-order valence-electron chi connectivity index (χ2n) is 7.95. The van der Waals surface area contributed by atoms with Crippen molar-refractivity contribution < 1.29 is 14.3 Å². The van der Waals surface area contributed by atoms with Crippen LogP contribution in [-0.4, -0.2) is 41.9 Å². The van der Waals surface area contributed by atoms with Gasteiger partial charge in [0.15, 0.2) is 0 Å². The monoisotopic (exact) mass is 393 g/mol. The fourth-order valence-corrected chi connectivity index (χ4v) is 4.40. The molecule has 6 heteroatoms. The second kappa shape index (κ2) is 8.25. The number of fused-ring (bicyclic) bond motifs is 3. The molecule has 2 aromatic carbocycles. The minimum atomic E-state index is -0.111. The van der Waals surface area contributed by atoms with Gasteiger partial charge in [0, 0.05) is 30.3 Å². The summed E-state index contributed by atoms with van der Waals surface area (Å²) in [6.45, 7) is 5.98. The molecule has 0 saturated carbocycles. The van der Waals surface area contributed by atoms with Crippen molar-refractivity contribution in [2.45, 2.75) is 38.8 Å². The van der Waals surface area contributed by atoms with E-state index in [1.807, 2.05) is 0 Å². The number of hydrogen-bond acceptors (Lipinski definition) is 4. The van der Waals surface area contributed by atoms with Crippen LogP contribution in [-0.2, 0) is 4.79 Å². The van der Waals surface area contributed by atoms with Crippen molar-refractivity contribution in [3.05, 3.63) is 54.1 Å². The Kier molecular flexibility index (Phi) is 5.53. The predicted octanol–water partition coefficient (Wildman–Crippen LogP) is 3.65. The molecule has 0 aliphatic carbocycles. The van der Waals surface area contributed by atoms with Crippen molar-refractivity contribution in [2.75, 3.05) is 18.4 Å². The summed E-state index contributed by atoms with van der Waals surface area (Å²) in [6.07, 6.45) is 2.34. The smallest absolute Gasteiger partial charge is 0.251 e. The molecular weight excluding hydrogens is 366 g/mol. The van der Waals surface area contributed by atoms with E-state index < -0.39 is 0 Å². The summed E-state index contributed by atoms with van der Waals surface area (Å²) in [4.78, 5) is 26.3. The number of piperidine rings is 3. The Hall–Kier alpha value is -2.86. The predicted molar refractivity (Wildman–Crippen MR) is 112 cm³/mol. The van der Waals surface area contributed by atoms with Gasteiger partial charge in [-0.25, -0.2) is 0 Å². The standard InChI is InChI=1S/C23H27N3O3/c1-15-22(17-11-13-26(15)14-12-17)25-23(28)18-3-7-20(8-4-18)29-21-9-5-19(6-10-21)24-16(2)27/h3-10,15,17,22H,11-14H2,1-2H3,(H,24,27)(H,25,28). The normalized spacial score (nSPS) is 25.3. The Morgan fingerprint density at radius 2 is 1.55 bits per heavy atom. The maximum Gasteiger partial charge on any atom is 0.251 e. The molecular formula is C23H27N3O3. The molecule has 2 aromatic rings. The number of anilines is 1. The Bertz CT molecular complexity index is 869. The van der Waals surface area contributed by atoms with E-state index in [9.17, 15) is 9.59 Å². The largest absolute Gasteiger partial charge is 0.457 e. The van der Waals surface area contributed by atoms with Gasteiger partial charge in [0.1, 0.15) is 11.5 Å². The molecule has 2 atom stereocenters. The topological polar surface area (TPSA) is 70.7 Å². The summed E-state index contributed by atoms with van der Waals surface area (Å²) < 4.78 is 5.83. The van der Waals surface area contributed by atoms with Gasteiger partial charge in [-0.3, -0.25) is 14.5 Å². The summed E-state index contributed by atoms with van der Waals surface area (Å²) >= 11 is 0. The number of rotatable bonds is 5. The van der Waals surface area contributed by atoms with Crippen molar-refractivity contribution in [3.63, 3.8) is 0 Å². The number of carbonyl (C=O) groups is 2. The van der Waals surface area contributed by atoms with Crippen LogP contribution in [0.4, 0.5) is 5.69 Å². The summed E-state index contributed by atoms with van der Waals surface area (Å²) in [5.74, 6) is 1.77. The molecule has 0 spiro atoms. The molecule has 3 saturated heterocycles. The minimum Gasteiger partial charge on any atom is -0.457 e. The number of hydrogen-bond donors (Lipinski definition) is 2. The highest BCUT2D eigenvalue weighted by molar-refractivity contribution is 5.94. The van der Waals surface area contributed by atoms with Crippen LogP contribution in [0.1, 0.15) is 37.0 Å². The van der Waals surface area contributed by atoms with Gasteiger partial charge in [0.05, 0.1) is 0 Å². The van der Waals surface area contributed by atoms with Crippen molar-refractivity contribution in [3.8, 4) is 11.5 Å². The van der Waals surface area contributed by atoms with E-state index in [0.717, 1.165) is 18.8 Å². The molecule has 3 fully saturated rings. The van der Waals surface area contributed by atoms with Crippen molar-refractivity contribution >= 4 is 17.5 Å². The van der Waals surface area contributed by atoms with E-state index in [1.54, 1.807) is 48.5 Å². The highest BCUT2D eigenvalue weighted by Crippen LogP contribution is 2.32. The lowest BCUT2D eigenvalue weighted by Gasteiger charge is -2.49. The molecule has 2 bridgehead atoms. The fraction of sp³-hybridized carbons (Fsp3) is 0.391. The molecule has 3 aliphatic heterocycles. The van der Waals surface area contributed by atoms with E-state index in [1.165, 1.54) is 19.8 Å². The average molecular weight is 393 g/mol. The van der Waals surface area contributed by atoms with Gasteiger partial charge in [-0.15, -0.1) is 0 Å². The van der Waals surface area contributed by atoms with E-state index in [2.05, 4.69) is 22.5 Å². The van der Waals surface area contributed by atoms with Crippen molar-refractivity contribution in [2.24, 2.45) is 5.92 Å². The highest BCUT2D eigenvalue weighted by Gasteiger charge is 2.40. The summed E-state index contributed by atoms with van der Waals surface area (Å²) in [5, 5.41) is 5.97. The van der Waals surface area contributed by atoms with Gasteiger partial charge < -0.3 is 15.4 Å². The molecule has 152 valence electrons. The molecule has 0 radical (unpaired) electrons. The third-order valence-electron chi connectivity index (χ3n) is 6.00. The Morgan fingerprint density at radius 1 is 0.966 bits per heavy atom. The molecule has 2 unspecified atom stereocenters. The molecule has 3 aliphatic rings. The fourth-order valence-electron chi connectivity index (χ4n) is 4.40. The van der Waals surface area contributed by atoms with Crippen molar-refractivity contribution in [1.29, 1.82) is 0 Å². The zero-order valence-electron chi connectivity index (χ0n) is 16.9. The average Bonchev–Trinajstić information content (AvgIpc) is 2.72. The van der Waals surface area contributed by atoms with E-state index >= 15 is 0 Å². The van der Waals surface area contributed by atoms with Gasteiger partial charge in [-0.2, -0.15) is 0 Å². The van der Waals surface area contributed by atoms with Crippen LogP contribution >= 0.6 is 0 Å². The highest BCUT2D eigenvalue weighted by atomic mass is 16.5. The van der Waals surface area contributed by atoms with Crippen LogP contribution in [0.15, 0.2) is 48.5 Å². The van der Waals surface area contributed by atoms with E-state index in [-0.39, 0.29) is 17.9 Å². The first kappa shape index (κ1) is 19.5. The lowest BCUT2D eigenvalue weighted by atomic mass is 9.79. The van der Waals surface area contributed by atoms with Crippen LogP contribution in [0, 0.1) is 5.92 Å². The minimum absolute atomic E-state index is 0.0261.